The first kappa shape index (κ1) is 20.8. The second-order valence-electron chi connectivity index (χ2n) is 7.62. The molecule has 2 aromatic rings. The van der Waals surface area contributed by atoms with Gasteiger partial charge in [-0.05, 0) is 59.2 Å². The SMILES string of the molecule is Cc1noc(C)c1C(=O)C[C@](C)(NS(=O)C(C)(C)C)c1ccc(Cl)cc1. The van der Waals surface area contributed by atoms with Gasteiger partial charge in [0.2, 0.25) is 0 Å². The van der Waals surface area contributed by atoms with Crippen LogP contribution in [0.5, 0.6) is 0 Å². The van der Waals surface area contributed by atoms with Crippen LogP contribution in [0.4, 0.5) is 0 Å². The molecule has 7 heteroatoms. The van der Waals surface area contributed by atoms with E-state index in [9.17, 15) is 9.00 Å². The van der Waals surface area contributed by atoms with Crippen molar-refractivity contribution in [2.24, 2.45) is 0 Å². The molecular weight excluding hydrogens is 372 g/mol. The second-order valence-corrected chi connectivity index (χ2v) is 10.0. The van der Waals surface area contributed by atoms with E-state index in [-0.39, 0.29) is 12.2 Å². The van der Waals surface area contributed by atoms with Gasteiger partial charge in [-0.25, -0.2) is 8.93 Å². The number of aryl methyl sites for hydroxylation is 2. The molecule has 0 aliphatic carbocycles. The minimum absolute atomic E-state index is 0.110. The number of aromatic nitrogens is 1. The molecule has 2 rings (SSSR count). The fourth-order valence-electron chi connectivity index (χ4n) is 2.66. The number of hydrogen-bond donors (Lipinski definition) is 1. The van der Waals surface area contributed by atoms with Gasteiger partial charge in [0.15, 0.2) is 5.78 Å². The van der Waals surface area contributed by atoms with E-state index in [1.807, 2.05) is 39.8 Å². The van der Waals surface area contributed by atoms with Gasteiger partial charge in [-0.15, -0.1) is 0 Å². The topological polar surface area (TPSA) is 72.2 Å². The van der Waals surface area contributed by atoms with Crippen molar-refractivity contribution in [2.75, 3.05) is 0 Å². The fraction of sp³-hybridized carbons (Fsp3) is 0.474. The Kier molecular flexibility index (Phi) is 6.10. The first-order valence-corrected chi connectivity index (χ1v) is 9.88. The minimum Gasteiger partial charge on any atom is -0.361 e. The first-order valence-electron chi connectivity index (χ1n) is 8.36. The Balaban J connectivity index is 2.41. The smallest absolute Gasteiger partial charge is 0.170 e. The van der Waals surface area contributed by atoms with Crippen LogP contribution in [-0.4, -0.2) is 19.9 Å². The average molecular weight is 397 g/mol. The molecule has 0 amide bonds. The summed E-state index contributed by atoms with van der Waals surface area (Å²) in [6.07, 6.45) is 0.110. The molecule has 142 valence electrons. The van der Waals surface area contributed by atoms with Crippen LogP contribution in [0.25, 0.3) is 0 Å². The third-order valence-electron chi connectivity index (χ3n) is 4.18. The van der Waals surface area contributed by atoms with Crippen molar-refractivity contribution in [1.82, 2.24) is 9.88 Å². The van der Waals surface area contributed by atoms with Crippen LogP contribution < -0.4 is 4.72 Å². The molecule has 0 radical (unpaired) electrons. The lowest BCUT2D eigenvalue weighted by molar-refractivity contribution is 0.0948. The second kappa shape index (κ2) is 7.62. The Hall–Kier alpha value is -1.50. The number of carbonyl (C=O) groups excluding carboxylic acids is 1. The Morgan fingerprint density at radius 1 is 1.19 bits per heavy atom. The molecule has 1 aromatic carbocycles. The molecule has 0 saturated carbocycles. The molecule has 1 N–H and O–H groups in total. The molecule has 1 aromatic heterocycles. The Morgan fingerprint density at radius 3 is 2.23 bits per heavy atom. The number of hydrogen-bond acceptors (Lipinski definition) is 4. The van der Waals surface area contributed by atoms with Gasteiger partial charge in [-0.3, -0.25) is 4.79 Å². The van der Waals surface area contributed by atoms with Gasteiger partial charge in [0, 0.05) is 11.4 Å². The van der Waals surface area contributed by atoms with Crippen molar-refractivity contribution in [3.8, 4) is 0 Å². The number of nitrogens with one attached hydrogen (secondary N) is 1. The van der Waals surface area contributed by atoms with E-state index in [0.29, 0.717) is 22.0 Å². The largest absolute Gasteiger partial charge is 0.361 e. The fourth-order valence-corrected chi connectivity index (χ4v) is 3.69. The Bertz CT molecular complexity index is 805. The van der Waals surface area contributed by atoms with Gasteiger partial charge in [-0.2, -0.15) is 0 Å². The van der Waals surface area contributed by atoms with Gasteiger partial charge in [-0.1, -0.05) is 28.9 Å². The molecule has 5 nitrogen and oxygen atoms in total. The number of rotatable bonds is 6. The molecule has 0 bridgehead atoms. The molecule has 0 fully saturated rings. The summed E-state index contributed by atoms with van der Waals surface area (Å²) in [4.78, 5) is 13.0. The van der Waals surface area contributed by atoms with Crippen molar-refractivity contribution in [3.63, 3.8) is 0 Å². The maximum absolute atomic E-state index is 13.0. The van der Waals surface area contributed by atoms with Crippen molar-refractivity contribution in [2.45, 2.75) is 58.2 Å². The van der Waals surface area contributed by atoms with E-state index in [2.05, 4.69) is 9.88 Å². The van der Waals surface area contributed by atoms with Crippen molar-refractivity contribution < 1.29 is 13.5 Å². The van der Waals surface area contributed by atoms with Crippen molar-refractivity contribution >= 4 is 28.4 Å². The summed E-state index contributed by atoms with van der Waals surface area (Å²) in [7, 11) is -1.36. The molecule has 2 atom stereocenters. The predicted molar refractivity (Wildman–Crippen MR) is 105 cm³/mol. The number of benzene rings is 1. The van der Waals surface area contributed by atoms with E-state index in [1.54, 1.807) is 26.0 Å². The summed E-state index contributed by atoms with van der Waals surface area (Å²) in [5.41, 5.74) is 1.03. The summed E-state index contributed by atoms with van der Waals surface area (Å²) in [6.45, 7) is 11.0. The summed E-state index contributed by atoms with van der Waals surface area (Å²) in [6, 6.07) is 7.21. The number of Topliss-reactive ketones (excluding diaryl/α,β-unsaturated/α-hetero) is 1. The van der Waals surface area contributed by atoms with Crippen LogP contribution >= 0.6 is 11.6 Å². The lowest BCUT2D eigenvalue weighted by atomic mass is 9.86. The van der Waals surface area contributed by atoms with Crippen LogP contribution in [0.2, 0.25) is 5.02 Å². The molecular formula is C19H25ClN2O3S. The number of nitrogens with zero attached hydrogens (tertiary/aromatic N) is 1. The van der Waals surface area contributed by atoms with Gasteiger partial charge in [0.1, 0.15) is 5.76 Å². The Morgan fingerprint density at radius 2 is 1.77 bits per heavy atom. The van der Waals surface area contributed by atoms with E-state index in [4.69, 9.17) is 16.1 Å². The van der Waals surface area contributed by atoms with Gasteiger partial charge < -0.3 is 4.52 Å². The number of halogens is 1. The lowest BCUT2D eigenvalue weighted by Crippen LogP contribution is -2.47. The minimum atomic E-state index is -1.36. The quantitative estimate of drug-likeness (QED) is 0.730. The van der Waals surface area contributed by atoms with E-state index in [0.717, 1.165) is 5.56 Å². The van der Waals surface area contributed by atoms with Gasteiger partial charge in [0.25, 0.3) is 0 Å². The monoisotopic (exact) mass is 396 g/mol. The summed E-state index contributed by atoms with van der Waals surface area (Å²) < 4.78 is 20.6. The first-order chi connectivity index (χ1) is 11.9. The van der Waals surface area contributed by atoms with Crippen LogP contribution in [0.1, 0.15) is 61.5 Å². The van der Waals surface area contributed by atoms with Gasteiger partial charge in [0.05, 0.1) is 32.5 Å². The van der Waals surface area contributed by atoms with Crippen LogP contribution in [0.3, 0.4) is 0 Å². The summed E-state index contributed by atoms with van der Waals surface area (Å²) >= 11 is 6.00. The van der Waals surface area contributed by atoms with E-state index < -0.39 is 21.3 Å². The zero-order valence-corrected chi connectivity index (χ0v) is 17.5. The molecule has 0 aliphatic heterocycles. The zero-order valence-electron chi connectivity index (χ0n) is 16.0. The molecule has 26 heavy (non-hydrogen) atoms. The molecule has 0 saturated heterocycles. The maximum Gasteiger partial charge on any atom is 0.170 e. The number of carbonyl (C=O) groups is 1. The summed E-state index contributed by atoms with van der Waals surface area (Å²) in [5.74, 6) is 0.375. The highest BCUT2D eigenvalue weighted by atomic mass is 35.5. The number of ketones is 1. The summed E-state index contributed by atoms with van der Waals surface area (Å²) in [5, 5.41) is 4.46. The molecule has 0 spiro atoms. The average Bonchev–Trinajstić information content (AvgIpc) is 2.85. The van der Waals surface area contributed by atoms with Crippen molar-refractivity contribution in [1.29, 1.82) is 0 Å². The normalized spacial score (nSPS) is 15.5. The van der Waals surface area contributed by atoms with Gasteiger partial charge >= 0.3 is 0 Å². The van der Waals surface area contributed by atoms with Crippen LogP contribution in [-0.2, 0) is 16.5 Å². The van der Waals surface area contributed by atoms with Crippen LogP contribution in [0, 0.1) is 13.8 Å². The molecule has 1 heterocycles. The molecule has 1 unspecified atom stereocenters. The lowest BCUT2D eigenvalue weighted by Gasteiger charge is -2.33. The Labute approximate surface area is 162 Å². The highest BCUT2D eigenvalue weighted by molar-refractivity contribution is 7.84. The van der Waals surface area contributed by atoms with Crippen LogP contribution in [0.15, 0.2) is 28.8 Å². The highest BCUT2D eigenvalue weighted by Crippen LogP contribution is 2.31. The third-order valence-corrected chi connectivity index (χ3v) is 6.18. The third kappa shape index (κ3) is 4.61. The molecule has 0 aliphatic rings. The zero-order chi connectivity index (χ0) is 19.7. The maximum atomic E-state index is 13.0. The standard InChI is InChI=1S/C19H25ClN2O3S/c1-12-17(13(2)25-21-12)16(23)11-19(6,22-26(24)18(3,4)5)14-7-9-15(20)10-8-14/h7-10,22H,11H2,1-6H3/t19-,26?/m0/s1. The van der Waals surface area contributed by atoms with E-state index >= 15 is 0 Å². The highest BCUT2D eigenvalue weighted by Gasteiger charge is 2.36. The predicted octanol–water partition coefficient (Wildman–Crippen LogP) is 4.48. The van der Waals surface area contributed by atoms with E-state index in [1.165, 1.54) is 0 Å². The van der Waals surface area contributed by atoms with Crippen molar-refractivity contribution in [3.05, 3.63) is 51.9 Å².